The van der Waals surface area contributed by atoms with Crippen LogP contribution in [0.4, 0.5) is 5.69 Å². The summed E-state index contributed by atoms with van der Waals surface area (Å²) in [5.41, 5.74) is 2.57. The van der Waals surface area contributed by atoms with E-state index in [2.05, 4.69) is 6.07 Å². The summed E-state index contributed by atoms with van der Waals surface area (Å²) in [6, 6.07) is 16.6. The van der Waals surface area contributed by atoms with Gasteiger partial charge in [0.2, 0.25) is 0 Å². The highest BCUT2D eigenvalue weighted by atomic mass is 16.6. The van der Waals surface area contributed by atoms with Gasteiger partial charge in [-0.1, -0.05) is 54.6 Å². The van der Waals surface area contributed by atoms with Crippen molar-refractivity contribution in [3.8, 4) is 6.07 Å². The van der Waals surface area contributed by atoms with Crippen molar-refractivity contribution in [3.63, 3.8) is 0 Å². The van der Waals surface area contributed by atoms with E-state index in [0.29, 0.717) is 5.56 Å². The second-order valence-electron chi connectivity index (χ2n) is 4.94. The molecule has 3 rings (SSSR count). The zero-order valence-corrected chi connectivity index (χ0v) is 11.1. The van der Waals surface area contributed by atoms with Gasteiger partial charge in [-0.25, -0.2) is 0 Å². The van der Waals surface area contributed by atoms with Gasteiger partial charge >= 0.3 is 0 Å². The molecule has 1 aliphatic rings. The molecule has 0 aromatic heterocycles. The number of para-hydroxylation sites is 1. The molecule has 0 N–H and O–H groups in total. The van der Waals surface area contributed by atoms with Gasteiger partial charge in [-0.2, -0.15) is 5.26 Å². The number of nitrogens with zero attached hydrogens (tertiary/aromatic N) is 2. The topological polar surface area (TPSA) is 66.9 Å². The van der Waals surface area contributed by atoms with Crippen molar-refractivity contribution < 1.29 is 4.92 Å². The Morgan fingerprint density at radius 2 is 1.71 bits per heavy atom. The zero-order chi connectivity index (χ0) is 14.8. The summed E-state index contributed by atoms with van der Waals surface area (Å²) in [5, 5.41) is 20.7. The summed E-state index contributed by atoms with van der Waals surface area (Å²) in [6.07, 6.45) is 3.82. The predicted molar refractivity (Wildman–Crippen MR) is 79.7 cm³/mol. The fourth-order valence-electron chi connectivity index (χ4n) is 2.83. The molecule has 2 unspecified atom stereocenters. The molecule has 102 valence electrons. The van der Waals surface area contributed by atoms with Crippen LogP contribution in [0, 0.1) is 21.4 Å². The van der Waals surface area contributed by atoms with Crippen LogP contribution in [-0.4, -0.2) is 4.92 Å². The summed E-state index contributed by atoms with van der Waals surface area (Å²) in [7, 11) is 0. The Kier molecular flexibility index (Phi) is 3.25. The molecule has 0 spiro atoms. The smallest absolute Gasteiger partial charge is 0.258 e. The number of hydrogen-bond donors (Lipinski definition) is 0. The minimum atomic E-state index is -0.410. The largest absolute Gasteiger partial charge is 0.273 e. The number of nitro benzene ring substituents is 1. The molecule has 0 saturated heterocycles. The molecule has 2 atom stereocenters. The molecule has 2 aromatic carbocycles. The van der Waals surface area contributed by atoms with E-state index in [4.69, 9.17) is 0 Å². The Hall–Kier alpha value is -2.93. The first-order valence-electron chi connectivity index (χ1n) is 6.62. The van der Waals surface area contributed by atoms with Crippen LogP contribution in [0.3, 0.4) is 0 Å². The molecule has 0 heterocycles. The Morgan fingerprint density at radius 1 is 1.05 bits per heavy atom. The number of benzene rings is 2. The Balaban J connectivity index is 2.14. The molecule has 4 heteroatoms. The van der Waals surface area contributed by atoms with Crippen LogP contribution in [0.1, 0.15) is 28.5 Å². The lowest BCUT2D eigenvalue weighted by Crippen LogP contribution is -2.13. The first-order chi connectivity index (χ1) is 10.2. The van der Waals surface area contributed by atoms with E-state index in [-0.39, 0.29) is 11.6 Å². The van der Waals surface area contributed by atoms with Crippen LogP contribution < -0.4 is 0 Å². The van der Waals surface area contributed by atoms with Crippen molar-refractivity contribution in [2.24, 2.45) is 0 Å². The van der Waals surface area contributed by atoms with Gasteiger partial charge in [-0.3, -0.25) is 10.1 Å². The molecule has 0 saturated carbocycles. The lowest BCUT2D eigenvalue weighted by Gasteiger charge is -2.24. The standard InChI is InChI=1S/C17H12N2O2/c18-11-16-13-6-2-1-5-12(13)9-10-14(16)15-7-3-4-8-17(15)19(20)21/h1-10,14,16H. The molecule has 1 aliphatic carbocycles. The van der Waals surface area contributed by atoms with Crippen molar-refractivity contribution in [2.75, 3.05) is 0 Å². The Bertz CT molecular complexity index is 774. The van der Waals surface area contributed by atoms with Gasteiger partial charge in [-0.05, 0) is 11.1 Å². The van der Waals surface area contributed by atoms with Crippen LogP contribution >= 0.6 is 0 Å². The third-order valence-electron chi connectivity index (χ3n) is 3.80. The summed E-state index contributed by atoms with van der Waals surface area (Å²) >= 11 is 0. The Morgan fingerprint density at radius 3 is 2.43 bits per heavy atom. The molecule has 0 amide bonds. The fraction of sp³-hybridized carbons (Fsp3) is 0.118. The molecule has 2 aromatic rings. The van der Waals surface area contributed by atoms with Crippen molar-refractivity contribution >= 4 is 11.8 Å². The second kappa shape index (κ2) is 5.22. The minimum absolute atomic E-state index is 0.0618. The van der Waals surface area contributed by atoms with E-state index >= 15 is 0 Å². The van der Waals surface area contributed by atoms with Gasteiger partial charge in [0.1, 0.15) is 0 Å². The maximum Gasteiger partial charge on any atom is 0.273 e. The molecule has 0 aliphatic heterocycles. The van der Waals surface area contributed by atoms with Crippen molar-refractivity contribution in [3.05, 3.63) is 81.4 Å². The van der Waals surface area contributed by atoms with Crippen molar-refractivity contribution in [1.29, 1.82) is 5.26 Å². The summed E-state index contributed by atoms with van der Waals surface area (Å²) in [5.74, 6) is -0.709. The molecule has 0 radical (unpaired) electrons. The Labute approximate surface area is 122 Å². The van der Waals surface area contributed by atoms with Gasteiger partial charge in [0.25, 0.3) is 5.69 Å². The zero-order valence-electron chi connectivity index (χ0n) is 11.1. The van der Waals surface area contributed by atoms with E-state index in [0.717, 1.165) is 11.1 Å². The second-order valence-corrected chi connectivity index (χ2v) is 4.94. The number of nitriles is 1. The van der Waals surface area contributed by atoms with Crippen LogP contribution in [0.15, 0.2) is 54.6 Å². The quantitative estimate of drug-likeness (QED) is 0.614. The van der Waals surface area contributed by atoms with Gasteiger partial charge in [-0.15, -0.1) is 0 Å². The van der Waals surface area contributed by atoms with Gasteiger partial charge in [0, 0.05) is 17.5 Å². The third kappa shape index (κ3) is 2.19. The van der Waals surface area contributed by atoms with E-state index in [1.54, 1.807) is 18.2 Å². The summed E-state index contributed by atoms with van der Waals surface area (Å²) in [4.78, 5) is 10.8. The highest BCUT2D eigenvalue weighted by molar-refractivity contribution is 5.63. The monoisotopic (exact) mass is 276 g/mol. The van der Waals surface area contributed by atoms with E-state index in [1.807, 2.05) is 36.4 Å². The van der Waals surface area contributed by atoms with E-state index in [9.17, 15) is 15.4 Å². The molecular formula is C17H12N2O2. The van der Waals surface area contributed by atoms with Crippen LogP contribution in [0.5, 0.6) is 0 Å². The minimum Gasteiger partial charge on any atom is -0.258 e. The van der Waals surface area contributed by atoms with Crippen LogP contribution in [-0.2, 0) is 0 Å². The average Bonchev–Trinajstić information content (AvgIpc) is 2.53. The number of hydrogen-bond acceptors (Lipinski definition) is 3. The SMILES string of the molecule is N#CC1c2ccccc2C=CC1c1ccccc1[N+](=O)[O-]. The number of nitro groups is 1. The van der Waals surface area contributed by atoms with Crippen LogP contribution in [0.25, 0.3) is 6.08 Å². The highest BCUT2D eigenvalue weighted by Crippen LogP contribution is 2.42. The lowest BCUT2D eigenvalue weighted by molar-refractivity contribution is -0.385. The van der Waals surface area contributed by atoms with Gasteiger partial charge in [0.15, 0.2) is 0 Å². The third-order valence-corrected chi connectivity index (χ3v) is 3.80. The molecule has 0 fully saturated rings. The van der Waals surface area contributed by atoms with Gasteiger partial charge in [0.05, 0.1) is 16.9 Å². The van der Waals surface area contributed by atoms with E-state index < -0.39 is 10.8 Å². The van der Waals surface area contributed by atoms with Crippen molar-refractivity contribution in [2.45, 2.75) is 11.8 Å². The molecule has 21 heavy (non-hydrogen) atoms. The summed E-state index contributed by atoms with van der Waals surface area (Å²) < 4.78 is 0. The molecule has 0 bridgehead atoms. The predicted octanol–water partition coefficient (Wildman–Crippen LogP) is 4.01. The maximum absolute atomic E-state index is 11.2. The number of allylic oxidation sites excluding steroid dienone is 1. The summed E-state index contributed by atoms with van der Waals surface area (Å²) in [6.45, 7) is 0. The molecule has 4 nitrogen and oxygen atoms in total. The normalized spacial score (nSPS) is 19.6. The highest BCUT2D eigenvalue weighted by Gasteiger charge is 2.31. The number of fused-ring (bicyclic) bond motifs is 1. The van der Waals surface area contributed by atoms with E-state index in [1.165, 1.54) is 6.07 Å². The first-order valence-corrected chi connectivity index (χ1v) is 6.62. The van der Waals surface area contributed by atoms with Crippen molar-refractivity contribution in [1.82, 2.24) is 0 Å². The fourth-order valence-corrected chi connectivity index (χ4v) is 2.83. The lowest BCUT2D eigenvalue weighted by atomic mass is 9.76. The number of rotatable bonds is 2. The van der Waals surface area contributed by atoms with Gasteiger partial charge < -0.3 is 0 Å². The first kappa shape index (κ1) is 13.1. The maximum atomic E-state index is 11.2. The average molecular weight is 276 g/mol. The van der Waals surface area contributed by atoms with Crippen LogP contribution in [0.2, 0.25) is 0 Å². The molecular weight excluding hydrogens is 264 g/mol.